The standard InChI is InChI=1S/C14H14N6O2S/c1-3-18-9-6-4-5-7-10(9)19-12-15-16-14(20(12)17-13(18)19)23-8(2)11(21)22/h4-8H,3H2,1-2H3,(H,21,22)/t8-/m0/s1. The highest BCUT2D eigenvalue weighted by molar-refractivity contribution is 8.00. The van der Waals surface area contributed by atoms with Crippen molar-refractivity contribution in [2.75, 3.05) is 0 Å². The first-order chi connectivity index (χ1) is 11.1. The van der Waals surface area contributed by atoms with Crippen LogP contribution in [-0.2, 0) is 11.3 Å². The van der Waals surface area contributed by atoms with Gasteiger partial charge in [0.05, 0.1) is 11.0 Å². The fourth-order valence-electron chi connectivity index (χ4n) is 2.68. The van der Waals surface area contributed by atoms with Crippen LogP contribution in [0.4, 0.5) is 0 Å². The number of aliphatic carboxylic acids is 1. The summed E-state index contributed by atoms with van der Waals surface area (Å²) in [5, 5.41) is 21.8. The number of rotatable bonds is 4. The molecular formula is C14H14N6O2S. The van der Waals surface area contributed by atoms with Crippen LogP contribution in [-0.4, -0.2) is 45.1 Å². The number of aryl methyl sites for hydroxylation is 1. The number of carboxylic acid groups (broad SMARTS) is 1. The topological polar surface area (TPSA) is 89.7 Å². The highest BCUT2D eigenvalue weighted by Gasteiger charge is 2.22. The summed E-state index contributed by atoms with van der Waals surface area (Å²) in [6, 6.07) is 8.02. The largest absolute Gasteiger partial charge is 0.480 e. The van der Waals surface area contributed by atoms with Crippen LogP contribution < -0.4 is 0 Å². The molecule has 0 amide bonds. The van der Waals surface area contributed by atoms with Crippen LogP contribution in [0.3, 0.4) is 0 Å². The maximum atomic E-state index is 11.1. The number of benzene rings is 1. The van der Waals surface area contributed by atoms with Gasteiger partial charge in [0.25, 0.3) is 5.78 Å². The van der Waals surface area contributed by atoms with Crippen molar-refractivity contribution in [3.8, 4) is 0 Å². The van der Waals surface area contributed by atoms with E-state index in [0.29, 0.717) is 10.9 Å². The smallest absolute Gasteiger partial charge is 0.316 e. The van der Waals surface area contributed by atoms with Gasteiger partial charge in [0.1, 0.15) is 5.25 Å². The van der Waals surface area contributed by atoms with E-state index in [-0.39, 0.29) is 0 Å². The predicted molar refractivity (Wildman–Crippen MR) is 85.9 cm³/mol. The summed E-state index contributed by atoms with van der Waals surface area (Å²) in [4.78, 5) is 11.1. The van der Waals surface area contributed by atoms with Crippen LogP contribution in [0, 0.1) is 0 Å². The first-order valence-electron chi connectivity index (χ1n) is 7.22. The first-order valence-corrected chi connectivity index (χ1v) is 8.10. The van der Waals surface area contributed by atoms with Gasteiger partial charge in [-0.15, -0.1) is 15.3 Å². The second kappa shape index (κ2) is 4.98. The minimum absolute atomic E-state index is 0.477. The molecule has 118 valence electrons. The molecule has 0 radical (unpaired) electrons. The molecule has 4 aromatic rings. The summed E-state index contributed by atoms with van der Waals surface area (Å²) >= 11 is 1.13. The maximum absolute atomic E-state index is 11.1. The molecule has 3 heterocycles. The number of nitrogens with zero attached hydrogens (tertiary/aromatic N) is 6. The number of carboxylic acids is 1. The Hall–Kier alpha value is -2.55. The SMILES string of the molecule is CCn1c2ccccc2n2c1nn1c(S[C@@H](C)C(=O)O)nnc12. The fraction of sp³-hybridized carbons (Fsp3) is 0.286. The Morgan fingerprint density at radius 1 is 1.26 bits per heavy atom. The fourth-order valence-corrected chi connectivity index (χ4v) is 3.41. The number of para-hydroxylation sites is 2. The van der Waals surface area contributed by atoms with E-state index in [1.807, 2.05) is 28.7 Å². The summed E-state index contributed by atoms with van der Waals surface area (Å²) in [5.74, 6) is 0.464. The molecule has 1 atom stereocenters. The highest BCUT2D eigenvalue weighted by Crippen LogP contribution is 2.26. The number of aromatic nitrogens is 6. The third-order valence-corrected chi connectivity index (χ3v) is 4.81. The Balaban J connectivity index is 1.99. The van der Waals surface area contributed by atoms with Gasteiger partial charge in [0.2, 0.25) is 10.9 Å². The Morgan fingerprint density at radius 3 is 2.70 bits per heavy atom. The molecule has 0 aliphatic carbocycles. The Labute approximate surface area is 134 Å². The number of hydrogen-bond donors (Lipinski definition) is 1. The van der Waals surface area contributed by atoms with E-state index in [9.17, 15) is 4.79 Å². The summed E-state index contributed by atoms with van der Waals surface area (Å²) in [6.45, 7) is 4.45. The van der Waals surface area contributed by atoms with E-state index in [0.717, 1.165) is 35.1 Å². The molecule has 4 rings (SSSR count). The van der Waals surface area contributed by atoms with Gasteiger partial charge in [-0.1, -0.05) is 23.9 Å². The van der Waals surface area contributed by atoms with Gasteiger partial charge >= 0.3 is 5.97 Å². The zero-order valence-electron chi connectivity index (χ0n) is 12.5. The maximum Gasteiger partial charge on any atom is 0.316 e. The zero-order valence-corrected chi connectivity index (χ0v) is 13.4. The van der Waals surface area contributed by atoms with Crippen molar-refractivity contribution in [2.45, 2.75) is 30.8 Å². The van der Waals surface area contributed by atoms with Crippen molar-refractivity contribution in [1.82, 2.24) is 28.8 Å². The number of carbonyl (C=O) groups is 1. The van der Waals surface area contributed by atoms with Gasteiger partial charge in [-0.05, 0) is 26.0 Å². The van der Waals surface area contributed by atoms with E-state index in [2.05, 4.69) is 26.8 Å². The van der Waals surface area contributed by atoms with E-state index in [1.165, 1.54) is 0 Å². The minimum Gasteiger partial charge on any atom is -0.480 e. The third-order valence-electron chi connectivity index (χ3n) is 3.79. The van der Waals surface area contributed by atoms with Crippen LogP contribution in [0.25, 0.3) is 22.6 Å². The van der Waals surface area contributed by atoms with E-state index >= 15 is 0 Å². The monoisotopic (exact) mass is 330 g/mol. The lowest BCUT2D eigenvalue weighted by molar-refractivity contribution is -0.136. The van der Waals surface area contributed by atoms with Crippen LogP contribution in [0.1, 0.15) is 13.8 Å². The molecule has 0 unspecified atom stereocenters. The summed E-state index contributed by atoms with van der Waals surface area (Å²) in [5.41, 5.74) is 2.08. The lowest BCUT2D eigenvalue weighted by Crippen LogP contribution is -2.12. The number of fused-ring (bicyclic) bond motifs is 5. The molecule has 0 fully saturated rings. The van der Waals surface area contributed by atoms with E-state index in [1.54, 1.807) is 11.4 Å². The lowest BCUT2D eigenvalue weighted by atomic mass is 10.3. The van der Waals surface area contributed by atoms with Gasteiger partial charge in [-0.25, -0.2) is 4.40 Å². The van der Waals surface area contributed by atoms with Gasteiger partial charge in [0.15, 0.2) is 0 Å². The number of hydrogen-bond acceptors (Lipinski definition) is 5. The van der Waals surface area contributed by atoms with Gasteiger partial charge in [-0.3, -0.25) is 4.79 Å². The zero-order chi connectivity index (χ0) is 16.1. The quantitative estimate of drug-likeness (QED) is 0.575. The molecule has 0 bridgehead atoms. The van der Waals surface area contributed by atoms with Crippen molar-refractivity contribution in [1.29, 1.82) is 0 Å². The Bertz CT molecular complexity index is 1050. The first kappa shape index (κ1) is 14.1. The predicted octanol–water partition coefficient (Wildman–Crippen LogP) is 1.92. The van der Waals surface area contributed by atoms with Crippen LogP contribution in [0.15, 0.2) is 29.4 Å². The molecular weight excluding hydrogens is 316 g/mol. The average molecular weight is 330 g/mol. The van der Waals surface area contributed by atoms with Crippen LogP contribution in [0.2, 0.25) is 0 Å². The molecule has 8 nitrogen and oxygen atoms in total. The lowest BCUT2D eigenvalue weighted by Gasteiger charge is -2.02. The summed E-state index contributed by atoms with van der Waals surface area (Å²) in [6.07, 6.45) is 0. The molecule has 9 heteroatoms. The Morgan fingerprint density at radius 2 is 2.00 bits per heavy atom. The van der Waals surface area contributed by atoms with Crippen LogP contribution in [0.5, 0.6) is 0 Å². The van der Waals surface area contributed by atoms with Gasteiger partial charge in [-0.2, -0.15) is 4.52 Å². The van der Waals surface area contributed by atoms with Crippen molar-refractivity contribution < 1.29 is 9.90 Å². The average Bonchev–Trinajstić information content (AvgIpc) is 3.16. The van der Waals surface area contributed by atoms with E-state index in [4.69, 9.17) is 5.11 Å². The van der Waals surface area contributed by atoms with Gasteiger partial charge in [0, 0.05) is 6.54 Å². The Kier molecular flexibility index (Phi) is 3.05. The highest BCUT2D eigenvalue weighted by atomic mass is 32.2. The third kappa shape index (κ3) is 1.93. The van der Waals surface area contributed by atoms with Crippen molar-refractivity contribution >= 4 is 40.3 Å². The van der Waals surface area contributed by atoms with Crippen LogP contribution >= 0.6 is 11.8 Å². The van der Waals surface area contributed by atoms with Gasteiger partial charge < -0.3 is 9.67 Å². The van der Waals surface area contributed by atoms with E-state index < -0.39 is 11.2 Å². The molecule has 0 saturated heterocycles. The molecule has 0 saturated carbocycles. The molecule has 0 aliphatic heterocycles. The molecule has 0 spiro atoms. The van der Waals surface area contributed by atoms with Crippen molar-refractivity contribution in [3.63, 3.8) is 0 Å². The molecule has 23 heavy (non-hydrogen) atoms. The summed E-state index contributed by atoms with van der Waals surface area (Å²) < 4.78 is 5.65. The number of thioether (sulfide) groups is 1. The number of imidazole rings is 1. The van der Waals surface area contributed by atoms with Crippen molar-refractivity contribution in [3.05, 3.63) is 24.3 Å². The molecule has 3 aromatic heterocycles. The second-order valence-electron chi connectivity index (χ2n) is 5.16. The normalized spacial score (nSPS) is 13.3. The minimum atomic E-state index is -0.890. The molecule has 0 aliphatic rings. The second-order valence-corrected chi connectivity index (χ2v) is 6.47. The summed E-state index contributed by atoms with van der Waals surface area (Å²) in [7, 11) is 0. The molecule has 1 aromatic carbocycles. The molecule has 1 N–H and O–H groups in total. The van der Waals surface area contributed by atoms with Crippen molar-refractivity contribution in [2.24, 2.45) is 0 Å².